The number of rotatable bonds is 24. The van der Waals surface area contributed by atoms with Crippen LogP contribution in [0.15, 0.2) is 133 Å². The molecule has 18 heteroatoms. The van der Waals surface area contributed by atoms with Gasteiger partial charge in [0.25, 0.3) is 11.8 Å². The molecule has 6 aromatic carbocycles. The molecule has 6 rings (SSSR count). The van der Waals surface area contributed by atoms with Gasteiger partial charge in [0.05, 0.1) is 25.9 Å². The summed E-state index contributed by atoms with van der Waals surface area (Å²) in [5, 5.41) is 13.0. The number of methoxy groups -OCH3 is 2. The van der Waals surface area contributed by atoms with Crippen molar-refractivity contribution in [3.8, 4) is 45.3 Å². The van der Waals surface area contributed by atoms with E-state index >= 15 is 0 Å². The molecule has 0 radical (unpaired) electrons. The number of aliphatic carboxylic acids is 1. The van der Waals surface area contributed by atoms with E-state index in [-0.39, 0.29) is 29.7 Å². The summed E-state index contributed by atoms with van der Waals surface area (Å²) in [6, 6.07) is 41.8. The summed E-state index contributed by atoms with van der Waals surface area (Å²) >= 11 is 0. The van der Waals surface area contributed by atoms with Gasteiger partial charge >= 0.3 is 18.1 Å². The minimum Gasteiger partial charge on any atom is -0.493 e. The van der Waals surface area contributed by atoms with Gasteiger partial charge < -0.3 is 39.4 Å². The third kappa shape index (κ3) is 21.2. The summed E-state index contributed by atoms with van der Waals surface area (Å²) in [7, 11) is 3.20. The molecular weight excluding hydrogens is 1070 g/mol. The number of carboxylic acid groups (broad SMARTS) is 1. The first-order valence-corrected chi connectivity index (χ1v) is 27.5. The number of esters is 1. The van der Waals surface area contributed by atoms with Crippen molar-refractivity contribution in [2.24, 2.45) is 0 Å². The van der Waals surface area contributed by atoms with Gasteiger partial charge in [-0.25, -0.2) is 9.59 Å². The smallest absolute Gasteiger partial charge is 0.490 e. The zero-order valence-corrected chi connectivity index (χ0v) is 49.7. The van der Waals surface area contributed by atoms with Gasteiger partial charge in [0.2, 0.25) is 0 Å². The number of carbonyl (C=O) groups is 5. The zero-order chi connectivity index (χ0) is 61.6. The van der Waals surface area contributed by atoms with E-state index in [4.69, 9.17) is 33.6 Å². The van der Waals surface area contributed by atoms with Crippen LogP contribution in [0.4, 0.5) is 24.5 Å². The number of ether oxygens (including phenoxy) is 5. The lowest BCUT2D eigenvalue weighted by Gasteiger charge is -2.30. The Morgan fingerprint density at radius 2 is 0.867 bits per heavy atom. The lowest BCUT2D eigenvalue weighted by atomic mass is 9.99. The number of alkyl halides is 3. The highest BCUT2D eigenvalue weighted by molar-refractivity contribution is 6.05. The molecule has 446 valence electrons. The minimum atomic E-state index is -5.08. The van der Waals surface area contributed by atoms with E-state index in [1.165, 1.54) is 0 Å². The monoisotopic (exact) mass is 1150 g/mol. The molecule has 0 bridgehead atoms. The van der Waals surface area contributed by atoms with Crippen LogP contribution in [0, 0.1) is 0 Å². The second kappa shape index (κ2) is 32.4. The van der Waals surface area contributed by atoms with Crippen LogP contribution in [0.5, 0.6) is 23.0 Å². The number of benzene rings is 6. The van der Waals surface area contributed by atoms with Gasteiger partial charge in [-0.1, -0.05) is 61.5 Å². The zero-order valence-electron chi connectivity index (χ0n) is 49.7. The van der Waals surface area contributed by atoms with Crippen molar-refractivity contribution in [1.82, 2.24) is 9.80 Å². The van der Waals surface area contributed by atoms with Crippen LogP contribution >= 0.6 is 0 Å². The molecule has 6 aromatic rings. The number of nitrogens with one attached hydrogen (secondary N) is 2. The van der Waals surface area contributed by atoms with Crippen LogP contribution in [-0.4, -0.2) is 121 Å². The second-order valence-electron chi connectivity index (χ2n) is 20.5. The molecule has 0 aliphatic heterocycles. The van der Waals surface area contributed by atoms with E-state index in [0.29, 0.717) is 100 Å². The number of anilines is 2. The first-order chi connectivity index (χ1) is 39.3. The van der Waals surface area contributed by atoms with E-state index in [0.717, 1.165) is 35.3 Å². The molecule has 0 aliphatic carbocycles. The van der Waals surface area contributed by atoms with E-state index in [9.17, 15) is 32.3 Å². The fourth-order valence-corrected chi connectivity index (χ4v) is 8.70. The summed E-state index contributed by atoms with van der Waals surface area (Å²) in [5.41, 5.74) is 7.11. The lowest BCUT2D eigenvalue weighted by molar-refractivity contribution is -0.192. The number of halogens is 3. The van der Waals surface area contributed by atoms with Gasteiger partial charge in [0.1, 0.15) is 13.2 Å². The van der Waals surface area contributed by atoms with E-state index in [2.05, 4.69) is 75.8 Å². The van der Waals surface area contributed by atoms with Crippen LogP contribution < -0.4 is 29.6 Å². The topological polar surface area (TPSA) is 182 Å². The molecule has 0 heterocycles. The van der Waals surface area contributed by atoms with Crippen molar-refractivity contribution in [1.29, 1.82) is 0 Å². The summed E-state index contributed by atoms with van der Waals surface area (Å²) in [6.07, 6.45) is -4.80. The van der Waals surface area contributed by atoms with Crippen molar-refractivity contribution < 1.29 is 65.9 Å². The maximum atomic E-state index is 13.0. The number of hydrogen-bond acceptors (Lipinski definition) is 12. The van der Waals surface area contributed by atoms with Crippen LogP contribution in [0.2, 0.25) is 0 Å². The Bertz CT molecular complexity index is 3050. The summed E-state index contributed by atoms with van der Waals surface area (Å²) in [6.45, 7) is 25.5. The number of carboxylic acids is 1. The maximum Gasteiger partial charge on any atom is 0.490 e. The predicted octanol–water partition coefficient (Wildman–Crippen LogP) is 14.0. The Morgan fingerprint density at radius 3 is 1.20 bits per heavy atom. The van der Waals surface area contributed by atoms with E-state index in [1.54, 1.807) is 87.0 Å². The van der Waals surface area contributed by atoms with E-state index in [1.807, 2.05) is 81.4 Å². The minimum absolute atomic E-state index is 0.109. The highest BCUT2D eigenvalue weighted by Crippen LogP contribution is 2.33. The molecule has 0 fully saturated rings. The highest BCUT2D eigenvalue weighted by atomic mass is 19.4. The molecule has 0 atom stereocenters. The van der Waals surface area contributed by atoms with Gasteiger partial charge in [-0.15, -0.1) is 0 Å². The number of carbonyl (C=O) groups excluding carboxylic acids is 4. The number of amides is 2. The quantitative estimate of drug-likeness (QED) is 0.0385. The Hall–Kier alpha value is -8.22. The normalized spacial score (nSPS) is 11.2. The lowest BCUT2D eigenvalue weighted by Crippen LogP contribution is -2.39. The third-order valence-corrected chi connectivity index (χ3v) is 12.9. The Morgan fingerprint density at radius 1 is 0.494 bits per heavy atom. The Labute approximate surface area is 486 Å². The SMILES string of the molecule is CCC(=O)c1cccc(-c2ccc(C(=O)Nc3ccc(OC)c(OCCN(C(C)C)C(C)C)c3)cc2)c1.COc1ccc(NC(=O)c2ccc(-c3cccc(C(=O)OC(C)C)c3)cc2)cc1OCCN(C(C)C)C(C)C.O=C(O)C(F)(F)F. The molecule has 0 spiro atoms. The summed E-state index contributed by atoms with van der Waals surface area (Å²) in [4.78, 5) is 63.8. The van der Waals surface area contributed by atoms with Crippen LogP contribution in [0.1, 0.15) is 124 Å². The van der Waals surface area contributed by atoms with Crippen LogP contribution in [-0.2, 0) is 9.53 Å². The predicted molar refractivity (Wildman–Crippen MR) is 319 cm³/mol. The number of hydrogen-bond donors (Lipinski definition) is 3. The second-order valence-corrected chi connectivity index (χ2v) is 20.5. The van der Waals surface area contributed by atoms with Gasteiger partial charge in [0, 0.05) is 83.9 Å². The molecule has 0 aliphatic rings. The van der Waals surface area contributed by atoms with Crippen molar-refractivity contribution in [2.45, 2.75) is 119 Å². The summed E-state index contributed by atoms with van der Waals surface area (Å²) in [5.74, 6) is -1.07. The largest absolute Gasteiger partial charge is 0.493 e. The molecule has 0 saturated carbocycles. The fraction of sp³-hybridized carbons (Fsp3) is 0.369. The number of Topliss-reactive ketones (excluding diaryl/α,β-unsaturated/α-hetero) is 1. The number of nitrogens with zero attached hydrogens (tertiary/aromatic N) is 2. The van der Waals surface area contributed by atoms with Crippen LogP contribution in [0.25, 0.3) is 22.3 Å². The van der Waals surface area contributed by atoms with Crippen LogP contribution in [0.3, 0.4) is 0 Å². The van der Waals surface area contributed by atoms with Crippen molar-refractivity contribution in [2.75, 3.05) is 51.2 Å². The first kappa shape index (κ1) is 67.3. The average molecular weight is 1150 g/mol. The fourth-order valence-electron chi connectivity index (χ4n) is 8.70. The molecule has 15 nitrogen and oxygen atoms in total. The van der Waals surface area contributed by atoms with Crippen molar-refractivity contribution >= 4 is 40.9 Å². The average Bonchev–Trinajstić information content (AvgIpc) is 3.64. The number of ketones is 1. The van der Waals surface area contributed by atoms with Gasteiger partial charge in [0.15, 0.2) is 28.8 Å². The molecule has 2 amide bonds. The summed E-state index contributed by atoms with van der Waals surface area (Å²) < 4.78 is 60.0. The molecule has 0 unspecified atom stereocenters. The van der Waals surface area contributed by atoms with Crippen molar-refractivity contribution in [3.63, 3.8) is 0 Å². The molecule has 0 aromatic heterocycles. The van der Waals surface area contributed by atoms with Crippen molar-refractivity contribution in [3.05, 3.63) is 156 Å². The molecule has 0 saturated heterocycles. The van der Waals surface area contributed by atoms with Gasteiger partial charge in [-0.05, 0) is 158 Å². The van der Waals surface area contributed by atoms with Gasteiger partial charge in [-0.3, -0.25) is 24.2 Å². The molecule has 3 N–H and O–H groups in total. The molecule has 83 heavy (non-hydrogen) atoms. The Balaban J connectivity index is 0.000000320. The standard InChI is InChI=1S/C32H40N2O5.C31H38N2O4.C2HF3O2/c1-21(2)34(22(3)4)17-18-38-30-20-28(15-16-29(30)37-7)33-31(35)25-13-11-24(12-14-25)26-9-8-10-27(19-26)32(36)39-23(5)6;1-7-28(34)26-10-8-9-25(19-26)23-11-13-24(14-12-23)31(35)32-27-15-16-29(36-6)30(20-27)37-18-17-33(21(2)3)22(4)5;3-2(4,5)1(6)7/h8-16,19-23H,17-18H2,1-7H3,(H,33,35);8-16,19-22H,7,17-18H2,1-6H3,(H,32,35);(H,6,7). The molecular formula is C65H79F3N4O11. The first-order valence-electron chi connectivity index (χ1n) is 27.5. The van der Waals surface area contributed by atoms with E-state index < -0.39 is 12.1 Å². The maximum absolute atomic E-state index is 13.0. The van der Waals surface area contributed by atoms with Gasteiger partial charge in [-0.2, -0.15) is 13.2 Å². The third-order valence-electron chi connectivity index (χ3n) is 12.9. The Kier molecular flexibility index (Phi) is 26.3. The highest BCUT2D eigenvalue weighted by Gasteiger charge is 2.38.